The molecule has 0 N–H and O–H groups in total. The van der Waals surface area contributed by atoms with E-state index >= 15 is 0 Å². The topological polar surface area (TPSA) is 18.8 Å². The Bertz CT molecular complexity index is 971. The van der Waals surface area contributed by atoms with Gasteiger partial charge in [0.05, 0.1) is 27.3 Å². The Balaban J connectivity index is 1.40. The van der Waals surface area contributed by atoms with Gasteiger partial charge in [0, 0.05) is 5.41 Å². The lowest BCUT2D eigenvalue weighted by atomic mass is 9.53. The van der Waals surface area contributed by atoms with Crippen LogP contribution in [-0.4, -0.2) is 40.4 Å². The average molecular weight is 496 g/mol. The van der Waals surface area contributed by atoms with E-state index in [1.807, 2.05) is 12.1 Å². The monoisotopic (exact) mass is 495 g/mol. The van der Waals surface area contributed by atoms with Crippen molar-refractivity contribution in [1.82, 2.24) is 4.90 Å². The molecule has 0 radical (unpaired) electrons. The van der Waals surface area contributed by atoms with E-state index in [2.05, 4.69) is 21.9 Å². The van der Waals surface area contributed by atoms with Crippen molar-refractivity contribution in [3.63, 3.8) is 0 Å². The van der Waals surface area contributed by atoms with Crippen LogP contribution in [0, 0.1) is 23.2 Å². The normalized spacial score (nSPS) is 40.2. The first-order valence-corrected chi connectivity index (χ1v) is 14.8. The van der Waals surface area contributed by atoms with Gasteiger partial charge in [0.25, 0.3) is 0 Å². The van der Waals surface area contributed by atoms with Gasteiger partial charge >= 0.3 is 0 Å². The summed E-state index contributed by atoms with van der Waals surface area (Å²) in [5.41, 5.74) is 1.24. The van der Waals surface area contributed by atoms with Crippen molar-refractivity contribution in [2.24, 2.45) is 28.2 Å². The molecular formula is C29H38ClN3S. The minimum Gasteiger partial charge on any atom is -0.293 e. The number of amidine groups is 1. The average Bonchev–Trinajstić information content (AvgIpc) is 3.40. The summed E-state index contributed by atoms with van der Waals surface area (Å²) in [5, 5.41) is 0.802. The molecule has 0 amide bonds. The molecule has 1 aromatic rings. The lowest BCUT2D eigenvalue weighted by Crippen LogP contribution is -2.53. The van der Waals surface area contributed by atoms with Crippen LogP contribution in [-0.2, 0) is 0 Å². The third-order valence-corrected chi connectivity index (χ3v) is 11.2. The predicted molar refractivity (Wildman–Crippen MR) is 145 cm³/mol. The van der Waals surface area contributed by atoms with Gasteiger partial charge in [-0.2, -0.15) is 0 Å². The maximum atomic E-state index is 6.88. The number of likely N-dealkylation sites (tertiary alicyclic amines) is 1. The molecule has 5 saturated carbocycles. The number of hydrogen-bond acceptors (Lipinski definition) is 3. The standard InChI is InChI=1S/C29H38ClN3S/c30-23-8-2-3-9-24(23)33-26(31-28-17-20-14-21(18-28)16-22(15-20)19-28)25(32-12-6-7-13-32)29(27(33)34)10-4-1-5-11-29/h2-3,8-9,20-22,25H,1,4-7,10-19H2/t20?,21?,22?,25-,28?/m1/s1. The van der Waals surface area contributed by atoms with Crippen molar-refractivity contribution in [3.8, 4) is 0 Å². The Kier molecular flexibility index (Phi) is 5.42. The first-order valence-electron chi connectivity index (χ1n) is 14.0. The summed E-state index contributed by atoms with van der Waals surface area (Å²) >= 11 is 13.3. The second-order valence-corrected chi connectivity index (χ2v) is 13.4. The molecule has 3 nitrogen and oxygen atoms in total. The largest absolute Gasteiger partial charge is 0.293 e. The summed E-state index contributed by atoms with van der Waals surface area (Å²) in [6, 6.07) is 8.68. The van der Waals surface area contributed by atoms with Crippen LogP contribution in [0.3, 0.4) is 0 Å². The van der Waals surface area contributed by atoms with Gasteiger partial charge in [0.2, 0.25) is 0 Å². The zero-order valence-corrected chi connectivity index (χ0v) is 21.9. The van der Waals surface area contributed by atoms with Crippen LogP contribution in [0.25, 0.3) is 0 Å². The zero-order chi connectivity index (χ0) is 22.9. The highest BCUT2D eigenvalue weighted by Crippen LogP contribution is 2.58. The minimum atomic E-state index is 0.0399. The summed E-state index contributed by atoms with van der Waals surface area (Å²) in [4.78, 5) is 12.2. The van der Waals surface area contributed by atoms with E-state index in [1.165, 1.54) is 102 Å². The van der Waals surface area contributed by atoms with E-state index in [0.29, 0.717) is 6.04 Å². The molecule has 2 saturated heterocycles. The van der Waals surface area contributed by atoms with Crippen LogP contribution in [0.5, 0.6) is 0 Å². The van der Waals surface area contributed by atoms with Gasteiger partial charge in [0.1, 0.15) is 5.84 Å². The number of benzene rings is 1. The van der Waals surface area contributed by atoms with Gasteiger partial charge in [-0.3, -0.25) is 14.8 Å². The molecule has 8 rings (SSSR count). The second kappa shape index (κ2) is 8.28. The van der Waals surface area contributed by atoms with Crippen molar-refractivity contribution < 1.29 is 0 Å². The van der Waals surface area contributed by atoms with Crippen LogP contribution in [0.15, 0.2) is 29.3 Å². The molecule has 1 atom stereocenters. The van der Waals surface area contributed by atoms with Crippen molar-refractivity contribution in [2.75, 3.05) is 18.0 Å². The maximum absolute atomic E-state index is 6.88. The minimum absolute atomic E-state index is 0.0399. The van der Waals surface area contributed by atoms with Gasteiger partial charge in [-0.25, -0.2) is 0 Å². The van der Waals surface area contributed by atoms with Crippen LogP contribution >= 0.6 is 23.8 Å². The number of hydrogen-bond donors (Lipinski definition) is 0. The summed E-state index contributed by atoms with van der Waals surface area (Å²) in [5.74, 6) is 3.95. The Hall–Kier alpha value is -0.970. The fourth-order valence-corrected chi connectivity index (χ4v) is 10.1. The van der Waals surface area contributed by atoms with Gasteiger partial charge in [0.15, 0.2) is 0 Å². The van der Waals surface area contributed by atoms with Crippen molar-refractivity contribution >= 4 is 40.3 Å². The summed E-state index contributed by atoms with van der Waals surface area (Å²) < 4.78 is 0. The molecule has 0 unspecified atom stereocenters. The quantitative estimate of drug-likeness (QED) is 0.411. The Morgan fingerprint density at radius 2 is 1.47 bits per heavy atom. The predicted octanol–water partition coefficient (Wildman–Crippen LogP) is 7.27. The van der Waals surface area contributed by atoms with E-state index in [1.54, 1.807) is 0 Å². The van der Waals surface area contributed by atoms with Crippen LogP contribution in [0.2, 0.25) is 5.02 Å². The first kappa shape index (κ1) is 22.2. The van der Waals surface area contributed by atoms with Crippen LogP contribution < -0.4 is 4.90 Å². The van der Waals surface area contributed by atoms with Crippen LogP contribution in [0.4, 0.5) is 5.69 Å². The van der Waals surface area contributed by atoms with Gasteiger partial charge in [-0.1, -0.05) is 55.2 Å². The highest BCUT2D eigenvalue weighted by Gasteiger charge is 2.59. The van der Waals surface area contributed by atoms with Crippen LogP contribution in [0.1, 0.15) is 83.5 Å². The van der Waals surface area contributed by atoms with E-state index < -0.39 is 0 Å². The van der Waals surface area contributed by atoms with E-state index in [0.717, 1.165) is 33.5 Å². The summed E-state index contributed by atoms with van der Waals surface area (Å²) in [6.45, 7) is 2.37. The molecule has 5 heteroatoms. The summed E-state index contributed by atoms with van der Waals surface area (Å²) in [7, 11) is 0. The zero-order valence-electron chi connectivity index (χ0n) is 20.4. The number of rotatable bonds is 3. The number of nitrogens with zero attached hydrogens (tertiary/aromatic N) is 3. The van der Waals surface area contributed by atoms with E-state index in [9.17, 15) is 0 Å². The van der Waals surface area contributed by atoms with Crippen molar-refractivity contribution in [2.45, 2.75) is 95.1 Å². The Morgan fingerprint density at radius 3 is 2.09 bits per heavy atom. The number of halogens is 1. The fourth-order valence-electron chi connectivity index (χ4n) is 9.42. The molecule has 5 aliphatic carbocycles. The Morgan fingerprint density at radius 1 is 0.853 bits per heavy atom. The first-order chi connectivity index (χ1) is 16.6. The molecular weight excluding hydrogens is 458 g/mol. The SMILES string of the molecule is S=C1N(c2ccccc2Cl)C(=NC23CC4CC(CC(C4)C2)C3)[C@@H](N2CCCC2)C12CCCCC2. The van der Waals surface area contributed by atoms with Gasteiger partial charge in [-0.15, -0.1) is 0 Å². The second-order valence-electron chi connectivity index (χ2n) is 12.6. The lowest BCUT2D eigenvalue weighted by molar-refractivity contribution is 0.00113. The van der Waals surface area contributed by atoms with Gasteiger partial charge < -0.3 is 0 Å². The molecule has 0 aromatic heterocycles. The molecule has 1 spiro atoms. The maximum Gasteiger partial charge on any atom is 0.128 e. The number of para-hydroxylation sites is 1. The molecule has 34 heavy (non-hydrogen) atoms. The molecule has 2 heterocycles. The fraction of sp³-hybridized carbons (Fsp3) is 0.724. The van der Waals surface area contributed by atoms with E-state index in [4.69, 9.17) is 28.8 Å². The molecule has 1 aromatic carbocycles. The number of aliphatic imine (C=N–C) groups is 1. The molecule has 7 aliphatic rings. The third kappa shape index (κ3) is 3.38. The smallest absolute Gasteiger partial charge is 0.128 e. The molecule has 7 fully saturated rings. The van der Waals surface area contributed by atoms with Gasteiger partial charge in [-0.05, 0) is 107 Å². The molecule has 4 bridgehead atoms. The van der Waals surface area contributed by atoms with Crippen molar-refractivity contribution in [3.05, 3.63) is 29.3 Å². The highest BCUT2D eigenvalue weighted by atomic mass is 35.5. The molecule has 2 aliphatic heterocycles. The van der Waals surface area contributed by atoms with E-state index in [-0.39, 0.29) is 11.0 Å². The summed E-state index contributed by atoms with van der Waals surface area (Å²) in [6.07, 6.45) is 17.2. The highest BCUT2D eigenvalue weighted by molar-refractivity contribution is 7.80. The molecule has 182 valence electrons. The lowest BCUT2D eigenvalue weighted by Gasteiger charge is -2.55. The van der Waals surface area contributed by atoms with Crippen molar-refractivity contribution in [1.29, 1.82) is 0 Å². The number of thiocarbonyl (C=S) groups is 1. The third-order valence-electron chi connectivity index (χ3n) is 10.3. The number of anilines is 1. The Labute approximate surface area is 215 Å².